The Morgan fingerprint density at radius 3 is 2.71 bits per heavy atom. The molecule has 0 fully saturated rings. The van der Waals surface area contributed by atoms with Crippen molar-refractivity contribution in [3.8, 4) is 0 Å². The third-order valence-corrected chi connectivity index (χ3v) is 2.04. The van der Waals surface area contributed by atoms with Crippen LogP contribution in [0, 0.1) is 6.92 Å². The number of aromatic nitrogens is 1. The second kappa shape index (κ2) is 2.77. The number of pyridine rings is 1. The maximum atomic E-state index is 11.4. The molecule has 4 heteroatoms. The van der Waals surface area contributed by atoms with Gasteiger partial charge in [0, 0.05) is 11.8 Å². The van der Waals surface area contributed by atoms with E-state index in [4.69, 9.17) is 5.73 Å². The quantitative estimate of drug-likeness (QED) is 0.606. The smallest absolute Gasteiger partial charge is 0.229 e. The van der Waals surface area contributed by atoms with Crippen molar-refractivity contribution in [2.45, 2.75) is 6.92 Å². The molecule has 1 aromatic rings. The normalized spacial score (nSPS) is 15.1. The molecule has 0 amide bonds. The molecule has 4 nitrogen and oxygen atoms in total. The molecular formula is C10H7N2O2. The fraction of sp³-hybridized carbons (Fsp3) is 0.100. The van der Waals surface area contributed by atoms with Gasteiger partial charge in [0.1, 0.15) is 11.4 Å². The monoisotopic (exact) mass is 187 g/mol. The second-order valence-corrected chi connectivity index (χ2v) is 3.10. The number of carbonyl (C=O) groups excluding carboxylic acids is 2. The lowest BCUT2D eigenvalue weighted by Gasteiger charge is -2.10. The molecule has 1 heterocycles. The van der Waals surface area contributed by atoms with Gasteiger partial charge in [-0.1, -0.05) is 0 Å². The first-order chi connectivity index (χ1) is 6.59. The van der Waals surface area contributed by atoms with Crippen LogP contribution in [0.15, 0.2) is 23.9 Å². The van der Waals surface area contributed by atoms with Gasteiger partial charge in [0.25, 0.3) is 0 Å². The third kappa shape index (κ3) is 1.12. The first kappa shape index (κ1) is 8.62. The highest BCUT2D eigenvalue weighted by Gasteiger charge is 2.25. The molecule has 1 N–H and O–H groups in total. The van der Waals surface area contributed by atoms with Gasteiger partial charge in [-0.15, -0.1) is 0 Å². The average Bonchev–Trinajstić information content (AvgIpc) is 2.14. The van der Waals surface area contributed by atoms with Gasteiger partial charge in [-0.05, 0) is 19.1 Å². The van der Waals surface area contributed by atoms with Gasteiger partial charge >= 0.3 is 0 Å². The summed E-state index contributed by atoms with van der Waals surface area (Å²) in [5.41, 5.74) is 8.02. The molecule has 0 spiro atoms. The zero-order valence-electron chi connectivity index (χ0n) is 7.50. The molecule has 1 aromatic heterocycles. The molecule has 14 heavy (non-hydrogen) atoms. The van der Waals surface area contributed by atoms with E-state index in [1.807, 2.05) is 0 Å². The van der Waals surface area contributed by atoms with Crippen LogP contribution in [0.2, 0.25) is 0 Å². The lowest BCUT2D eigenvalue weighted by atomic mass is 9.97. The van der Waals surface area contributed by atoms with Crippen molar-refractivity contribution >= 4 is 11.6 Å². The van der Waals surface area contributed by atoms with E-state index in [0.717, 1.165) is 6.08 Å². The molecule has 0 saturated heterocycles. The zero-order valence-corrected chi connectivity index (χ0v) is 7.50. The molecule has 0 saturated carbocycles. The number of Topliss-reactive ketones (excluding diaryl/α,β-unsaturated/α-hetero) is 1. The highest BCUT2D eigenvalue weighted by Crippen LogP contribution is 2.17. The van der Waals surface area contributed by atoms with Gasteiger partial charge in [0.2, 0.25) is 5.78 Å². The molecular weight excluding hydrogens is 180 g/mol. The van der Waals surface area contributed by atoms with Crippen LogP contribution in [0.5, 0.6) is 0 Å². The van der Waals surface area contributed by atoms with Crippen LogP contribution in [0.25, 0.3) is 0 Å². The van der Waals surface area contributed by atoms with E-state index >= 15 is 0 Å². The zero-order chi connectivity index (χ0) is 10.3. The Labute approximate surface area is 80.4 Å². The van der Waals surface area contributed by atoms with Crippen LogP contribution >= 0.6 is 0 Å². The van der Waals surface area contributed by atoms with Crippen molar-refractivity contribution in [2.75, 3.05) is 0 Å². The van der Waals surface area contributed by atoms with Crippen molar-refractivity contribution in [1.29, 1.82) is 0 Å². The molecule has 1 radical (unpaired) electrons. The Morgan fingerprint density at radius 1 is 1.29 bits per heavy atom. The van der Waals surface area contributed by atoms with Gasteiger partial charge in [-0.25, -0.2) is 4.98 Å². The number of allylic oxidation sites excluding steroid dienone is 2. The number of rotatable bonds is 0. The number of hydrogen-bond acceptors (Lipinski definition) is 3. The Morgan fingerprint density at radius 2 is 2.00 bits per heavy atom. The maximum Gasteiger partial charge on any atom is 0.229 e. The average molecular weight is 187 g/mol. The van der Waals surface area contributed by atoms with Crippen molar-refractivity contribution in [2.24, 2.45) is 0 Å². The van der Waals surface area contributed by atoms with Crippen LogP contribution < -0.4 is 5.73 Å². The van der Waals surface area contributed by atoms with Crippen LogP contribution in [-0.4, -0.2) is 16.6 Å². The van der Waals surface area contributed by atoms with E-state index in [1.165, 1.54) is 0 Å². The second-order valence-electron chi connectivity index (χ2n) is 3.10. The molecule has 0 atom stereocenters. The summed E-state index contributed by atoms with van der Waals surface area (Å²) in [4.78, 5) is 26.8. The van der Waals surface area contributed by atoms with Gasteiger partial charge in [-0.2, -0.15) is 0 Å². The summed E-state index contributed by atoms with van der Waals surface area (Å²) in [7, 11) is 0. The summed E-state index contributed by atoms with van der Waals surface area (Å²) in [6, 6.07) is 3.24. The van der Waals surface area contributed by atoms with Crippen LogP contribution in [0.3, 0.4) is 0 Å². The molecule has 2 rings (SSSR count). The number of nitrogens with one attached hydrogen (secondary N) is 1. The topological polar surface area (TPSA) is 70.8 Å². The predicted octanol–water partition coefficient (Wildman–Crippen LogP) is 0.936. The van der Waals surface area contributed by atoms with E-state index in [1.54, 1.807) is 19.1 Å². The van der Waals surface area contributed by atoms with E-state index in [-0.39, 0.29) is 22.7 Å². The molecule has 1 aliphatic carbocycles. The number of nitrogens with zero attached hydrogens (tertiary/aromatic N) is 1. The summed E-state index contributed by atoms with van der Waals surface area (Å²) in [6.07, 6.45) is 1.03. The lowest BCUT2D eigenvalue weighted by molar-refractivity contribution is 0.0978. The molecule has 0 aromatic carbocycles. The Balaban J connectivity index is 2.69. The van der Waals surface area contributed by atoms with E-state index < -0.39 is 5.78 Å². The van der Waals surface area contributed by atoms with Crippen LogP contribution in [0.1, 0.15) is 26.5 Å². The molecule has 1 aliphatic rings. The van der Waals surface area contributed by atoms with Gasteiger partial charge in [0.05, 0.1) is 5.56 Å². The SMILES string of the molecule is Cc1ccc2c(n1)C(=O)C([NH])=CC2=O. The summed E-state index contributed by atoms with van der Waals surface area (Å²) in [5.74, 6) is -0.805. The fourth-order valence-electron chi connectivity index (χ4n) is 1.33. The highest BCUT2D eigenvalue weighted by molar-refractivity contribution is 6.23. The summed E-state index contributed by atoms with van der Waals surface area (Å²) in [5, 5.41) is 0. The number of aryl methyl sites for hydroxylation is 1. The molecule has 69 valence electrons. The number of fused-ring (bicyclic) bond motifs is 1. The van der Waals surface area contributed by atoms with Gasteiger partial charge in [0.15, 0.2) is 5.78 Å². The first-order valence-corrected chi connectivity index (χ1v) is 4.09. The van der Waals surface area contributed by atoms with Crippen LogP contribution in [-0.2, 0) is 0 Å². The Kier molecular flexibility index (Phi) is 1.70. The minimum atomic E-state index is -0.483. The van der Waals surface area contributed by atoms with Crippen molar-refractivity contribution in [1.82, 2.24) is 10.7 Å². The lowest BCUT2D eigenvalue weighted by Crippen LogP contribution is -2.19. The van der Waals surface area contributed by atoms with E-state index in [0.29, 0.717) is 5.69 Å². The number of ketones is 2. The Hall–Kier alpha value is -1.97. The minimum Gasteiger partial charge on any atom is -0.297 e. The van der Waals surface area contributed by atoms with E-state index in [9.17, 15) is 9.59 Å². The minimum absolute atomic E-state index is 0.0995. The Bertz CT molecular complexity index is 475. The third-order valence-electron chi connectivity index (χ3n) is 2.04. The molecule has 0 unspecified atom stereocenters. The number of carbonyl (C=O) groups is 2. The van der Waals surface area contributed by atoms with Gasteiger partial charge in [-0.3, -0.25) is 15.3 Å². The van der Waals surface area contributed by atoms with Crippen LogP contribution in [0.4, 0.5) is 0 Å². The summed E-state index contributed by atoms with van der Waals surface area (Å²) < 4.78 is 0. The van der Waals surface area contributed by atoms with Crippen molar-refractivity contribution in [3.05, 3.63) is 40.9 Å². The summed E-state index contributed by atoms with van der Waals surface area (Å²) in [6.45, 7) is 1.74. The van der Waals surface area contributed by atoms with Crippen molar-refractivity contribution in [3.63, 3.8) is 0 Å². The maximum absolute atomic E-state index is 11.4. The summed E-state index contributed by atoms with van der Waals surface area (Å²) >= 11 is 0. The fourth-order valence-corrected chi connectivity index (χ4v) is 1.33. The van der Waals surface area contributed by atoms with E-state index in [2.05, 4.69) is 4.98 Å². The largest absolute Gasteiger partial charge is 0.297 e. The number of hydrogen-bond donors (Lipinski definition) is 0. The van der Waals surface area contributed by atoms with Crippen molar-refractivity contribution < 1.29 is 9.59 Å². The predicted molar refractivity (Wildman–Crippen MR) is 48.8 cm³/mol. The molecule has 0 aliphatic heterocycles. The standard InChI is InChI=1S/C10H7N2O2/c1-5-2-3-6-8(13)4-7(11)10(14)9(6)12-5/h2-4,11H,1H3. The first-order valence-electron chi connectivity index (χ1n) is 4.09. The molecule has 0 bridgehead atoms. The van der Waals surface area contributed by atoms with Gasteiger partial charge < -0.3 is 0 Å². The highest BCUT2D eigenvalue weighted by atomic mass is 16.1.